The van der Waals surface area contributed by atoms with E-state index < -0.39 is 0 Å². The van der Waals surface area contributed by atoms with Crippen LogP contribution < -0.4 is 0 Å². The molecular formula is C17H31. The van der Waals surface area contributed by atoms with E-state index in [0.717, 1.165) is 6.42 Å². The summed E-state index contributed by atoms with van der Waals surface area (Å²) in [6.45, 7) is 6.10. The number of hydrogen-bond acceptors (Lipinski definition) is 0. The summed E-state index contributed by atoms with van der Waals surface area (Å²) in [4.78, 5) is 0. The molecule has 0 heteroatoms. The Bertz CT molecular complexity index is 176. The van der Waals surface area contributed by atoms with Gasteiger partial charge in [0.25, 0.3) is 0 Å². The summed E-state index contributed by atoms with van der Waals surface area (Å²) in [6.07, 6.45) is 23.4. The number of unbranched alkanes of at least 4 members (excludes halogenated alkanes) is 8. The van der Waals surface area contributed by atoms with Crippen LogP contribution in [0.2, 0.25) is 0 Å². The molecule has 99 valence electrons. The zero-order valence-electron chi connectivity index (χ0n) is 11.8. The van der Waals surface area contributed by atoms with Crippen molar-refractivity contribution in [2.24, 2.45) is 0 Å². The molecule has 17 heavy (non-hydrogen) atoms. The van der Waals surface area contributed by atoms with Crippen LogP contribution in [0.3, 0.4) is 0 Å². The van der Waals surface area contributed by atoms with E-state index in [1.165, 1.54) is 64.2 Å². The molecule has 0 aromatic rings. The quantitative estimate of drug-likeness (QED) is 0.277. The molecule has 0 nitrogen and oxygen atoms in total. The van der Waals surface area contributed by atoms with Crippen LogP contribution in [0.5, 0.6) is 0 Å². The van der Waals surface area contributed by atoms with Crippen molar-refractivity contribution in [3.8, 4) is 0 Å². The predicted molar refractivity (Wildman–Crippen MR) is 80.1 cm³/mol. The SMILES string of the molecule is [CH2]CCCC=CCCCCC=CCCCCC. The van der Waals surface area contributed by atoms with Crippen molar-refractivity contribution in [1.82, 2.24) is 0 Å². The molecule has 0 unspecified atom stereocenters. The van der Waals surface area contributed by atoms with Crippen molar-refractivity contribution in [2.45, 2.75) is 77.6 Å². The summed E-state index contributed by atoms with van der Waals surface area (Å²) in [5, 5.41) is 0. The number of allylic oxidation sites excluding steroid dienone is 4. The highest BCUT2D eigenvalue weighted by Gasteiger charge is 1.85. The van der Waals surface area contributed by atoms with Crippen LogP contribution >= 0.6 is 0 Å². The van der Waals surface area contributed by atoms with Gasteiger partial charge in [-0.25, -0.2) is 0 Å². The molecule has 0 aliphatic heterocycles. The van der Waals surface area contributed by atoms with Gasteiger partial charge in [-0.1, -0.05) is 57.4 Å². The van der Waals surface area contributed by atoms with Gasteiger partial charge in [0.15, 0.2) is 0 Å². The van der Waals surface area contributed by atoms with Crippen molar-refractivity contribution in [3.05, 3.63) is 31.2 Å². The average molecular weight is 235 g/mol. The van der Waals surface area contributed by atoms with Gasteiger partial charge in [-0.15, -0.1) is 0 Å². The fraction of sp³-hybridized carbons (Fsp3) is 0.706. The summed E-state index contributed by atoms with van der Waals surface area (Å²) in [7, 11) is 0. The van der Waals surface area contributed by atoms with Crippen molar-refractivity contribution >= 4 is 0 Å². The summed E-state index contributed by atoms with van der Waals surface area (Å²) in [5.74, 6) is 0. The van der Waals surface area contributed by atoms with Gasteiger partial charge in [0.05, 0.1) is 0 Å². The molecule has 0 heterocycles. The lowest BCUT2D eigenvalue weighted by Crippen LogP contribution is -1.74. The first-order chi connectivity index (χ1) is 8.41. The van der Waals surface area contributed by atoms with Crippen molar-refractivity contribution in [1.29, 1.82) is 0 Å². The molecule has 0 aromatic heterocycles. The first kappa shape index (κ1) is 16.5. The number of hydrogen-bond donors (Lipinski definition) is 0. The fourth-order valence-corrected chi connectivity index (χ4v) is 1.77. The second kappa shape index (κ2) is 15.5. The van der Waals surface area contributed by atoms with Crippen molar-refractivity contribution < 1.29 is 0 Å². The molecule has 0 rings (SSSR count). The van der Waals surface area contributed by atoms with Crippen LogP contribution in [0.4, 0.5) is 0 Å². The summed E-state index contributed by atoms with van der Waals surface area (Å²) in [6, 6.07) is 0. The van der Waals surface area contributed by atoms with Gasteiger partial charge in [0, 0.05) is 0 Å². The molecule has 0 N–H and O–H groups in total. The molecule has 0 fully saturated rings. The lowest BCUT2D eigenvalue weighted by Gasteiger charge is -1.94. The van der Waals surface area contributed by atoms with E-state index in [1.54, 1.807) is 0 Å². The van der Waals surface area contributed by atoms with Gasteiger partial charge in [0.2, 0.25) is 0 Å². The summed E-state index contributed by atoms with van der Waals surface area (Å²) in [5.41, 5.74) is 0. The van der Waals surface area contributed by atoms with E-state index in [1.807, 2.05) is 0 Å². The van der Waals surface area contributed by atoms with Crippen LogP contribution in [0, 0.1) is 6.92 Å². The van der Waals surface area contributed by atoms with Gasteiger partial charge in [-0.3, -0.25) is 0 Å². The van der Waals surface area contributed by atoms with Gasteiger partial charge in [-0.05, 0) is 51.4 Å². The Hall–Kier alpha value is -0.520. The minimum Gasteiger partial charge on any atom is -0.0885 e. The minimum atomic E-state index is 1.06. The molecule has 0 saturated carbocycles. The second-order valence-electron chi connectivity index (χ2n) is 4.72. The maximum atomic E-state index is 3.84. The Morgan fingerprint density at radius 2 is 1.06 bits per heavy atom. The normalized spacial score (nSPS) is 11.9. The maximum absolute atomic E-state index is 3.84. The topological polar surface area (TPSA) is 0 Å². The van der Waals surface area contributed by atoms with E-state index in [4.69, 9.17) is 0 Å². The minimum absolute atomic E-state index is 1.06. The van der Waals surface area contributed by atoms with Gasteiger partial charge >= 0.3 is 0 Å². The molecule has 1 radical (unpaired) electrons. The monoisotopic (exact) mass is 235 g/mol. The van der Waals surface area contributed by atoms with Crippen LogP contribution in [-0.2, 0) is 0 Å². The lowest BCUT2D eigenvalue weighted by molar-refractivity contribution is 0.723. The zero-order chi connectivity index (χ0) is 12.6. The summed E-state index contributed by atoms with van der Waals surface area (Å²) >= 11 is 0. The van der Waals surface area contributed by atoms with Crippen LogP contribution in [0.25, 0.3) is 0 Å². The van der Waals surface area contributed by atoms with E-state index in [-0.39, 0.29) is 0 Å². The van der Waals surface area contributed by atoms with Crippen molar-refractivity contribution in [2.75, 3.05) is 0 Å². The third kappa shape index (κ3) is 15.5. The van der Waals surface area contributed by atoms with E-state index >= 15 is 0 Å². The third-order valence-corrected chi connectivity index (χ3v) is 2.92. The van der Waals surface area contributed by atoms with Crippen LogP contribution in [0.1, 0.15) is 77.6 Å². The zero-order valence-corrected chi connectivity index (χ0v) is 11.8. The highest BCUT2D eigenvalue weighted by molar-refractivity contribution is 4.83. The summed E-state index contributed by atoms with van der Waals surface area (Å²) < 4.78 is 0. The van der Waals surface area contributed by atoms with Crippen LogP contribution in [-0.4, -0.2) is 0 Å². The number of rotatable bonds is 12. The van der Waals surface area contributed by atoms with Gasteiger partial charge < -0.3 is 0 Å². The lowest BCUT2D eigenvalue weighted by atomic mass is 10.1. The Labute approximate surface area is 109 Å². The first-order valence-electron chi connectivity index (χ1n) is 7.51. The van der Waals surface area contributed by atoms with E-state index in [0.29, 0.717) is 0 Å². The molecular weight excluding hydrogens is 204 g/mol. The molecule has 0 aromatic carbocycles. The molecule has 0 saturated heterocycles. The van der Waals surface area contributed by atoms with Gasteiger partial charge in [0.1, 0.15) is 0 Å². The molecule has 0 spiro atoms. The Balaban J connectivity index is 3.09. The predicted octanol–water partition coefficient (Wildman–Crippen LogP) is 6.24. The molecule has 0 atom stereocenters. The first-order valence-corrected chi connectivity index (χ1v) is 7.51. The highest BCUT2D eigenvalue weighted by Crippen LogP contribution is 2.05. The Morgan fingerprint density at radius 3 is 1.47 bits per heavy atom. The molecule has 0 aliphatic carbocycles. The highest BCUT2D eigenvalue weighted by atomic mass is 13.9. The van der Waals surface area contributed by atoms with Crippen LogP contribution in [0.15, 0.2) is 24.3 Å². The van der Waals surface area contributed by atoms with Crippen molar-refractivity contribution in [3.63, 3.8) is 0 Å². The average Bonchev–Trinajstić information content (AvgIpc) is 2.35. The Morgan fingerprint density at radius 1 is 0.647 bits per heavy atom. The fourth-order valence-electron chi connectivity index (χ4n) is 1.77. The van der Waals surface area contributed by atoms with E-state index in [9.17, 15) is 0 Å². The second-order valence-corrected chi connectivity index (χ2v) is 4.72. The standard InChI is InChI=1S/C17H31/c1-3-5-7-9-11-13-15-17-16-14-12-10-8-6-4-2/h9,11-12,14H,1,3-8,10,13,15-17H2,2H3. The molecule has 0 bridgehead atoms. The largest absolute Gasteiger partial charge is 0.0885 e. The Kier molecular flexibility index (Phi) is 15.0. The molecule has 0 amide bonds. The third-order valence-electron chi connectivity index (χ3n) is 2.92. The van der Waals surface area contributed by atoms with E-state index in [2.05, 4.69) is 38.2 Å². The molecule has 0 aliphatic rings. The van der Waals surface area contributed by atoms with Gasteiger partial charge in [-0.2, -0.15) is 0 Å². The smallest absolute Gasteiger partial charge is 0.0351 e. The maximum Gasteiger partial charge on any atom is -0.0351 e.